The third kappa shape index (κ3) is 3.25. The number of rotatable bonds is 4. The van der Waals surface area contributed by atoms with Crippen LogP contribution in [0.4, 0.5) is 0 Å². The van der Waals surface area contributed by atoms with E-state index in [2.05, 4.69) is 20.8 Å². The van der Waals surface area contributed by atoms with Gasteiger partial charge in [0.05, 0.1) is 13.5 Å². The van der Waals surface area contributed by atoms with Crippen molar-refractivity contribution >= 4 is 5.97 Å². The lowest BCUT2D eigenvalue weighted by Gasteiger charge is -2.25. The Hall–Kier alpha value is -1.51. The Morgan fingerprint density at radius 1 is 1.39 bits per heavy atom. The molecular weight excluding hydrogens is 228 g/mol. The van der Waals surface area contributed by atoms with Crippen LogP contribution in [-0.4, -0.2) is 18.2 Å². The summed E-state index contributed by atoms with van der Waals surface area (Å²) >= 11 is 0. The molecule has 1 atom stereocenters. The molecule has 0 amide bonds. The maximum absolute atomic E-state index is 10.8. The third-order valence-electron chi connectivity index (χ3n) is 3.07. The van der Waals surface area contributed by atoms with E-state index in [9.17, 15) is 4.79 Å². The van der Waals surface area contributed by atoms with Crippen molar-refractivity contribution in [3.05, 3.63) is 29.3 Å². The molecule has 0 spiro atoms. The van der Waals surface area contributed by atoms with Gasteiger partial charge in [-0.25, -0.2) is 0 Å². The Morgan fingerprint density at radius 2 is 2.00 bits per heavy atom. The van der Waals surface area contributed by atoms with Gasteiger partial charge in [-0.3, -0.25) is 4.79 Å². The van der Waals surface area contributed by atoms with Crippen molar-refractivity contribution in [2.75, 3.05) is 7.11 Å². The molecule has 1 rings (SSSR count). The van der Waals surface area contributed by atoms with Gasteiger partial charge in [-0.05, 0) is 22.5 Å². The summed E-state index contributed by atoms with van der Waals surface area (Å²) < 4.78 is 5.51. The zero-order chi connectivity index (χ0) is 13.9. The molecule has 1 aromatic carbocycles. The summed E-state index contributed by atoms with van der Waals surface area (Å²) in [6.07, 6.45) is 0.115. The van der Waals surface area contributed by atoms with Gasteiger partial charge >= 0.3 is 5.97 Å². The quantitative estimate of drug-likeness (QED) is 0.888. The van der Waals surface area contributed by atoms with E-state index in [-0.39, 0.29) is 17.8 Å². The van der Waals surface area contributed by atoms with Crippen LogP contribution in [0.1, 0.15) is 51.2 Å². The van der Waals surface area contributed by atoms with Crippen LogP contribution >= 0.6 is 0 Å². The highest BCUT2D eigenvalue weighted by atomic mass is 16.5. The minimum Gasteiger partial charge on any atom is -0.496 e. The first kappa shape index (κ1) is 14.6. The van der Waals surface area contributed by atoms with Crippen LogP contribution in [0.2, 0.25) is 0 Å². The molecule has 0 saturated carbocycles. The summed E-state index contributed by atoms with van der Waals surface area (Å²) in [5.41, 5.74) is 2.05. The summed E-state index contributed by atoms with van der Waals surface area (Å²) in [5, 5.41) is 8.90. The summed E-state index contributed by atoms with van der Waals surface area (Å²) in [4.78, 5) is 10.8. The summed E-state index contributed by atoms with van der Waals surface area (Å²) in [7, 11) is 1.64. The van der Waals surface area contributed by atoms with Crippen LogP contribution in [0.3, 0.4) is 0 Å². The number of carbonyl (C=O) groups is 1. The van der Waals surface area contributed by atoms with E-state index in [1.54, 1.807) is 7.11 Å². The van der Waals surface area contributed by atoms with E-state index in [1.807, 2.05) is 25.1 Å². The highest BCUT2D eigenvalue weighted by Crippen LogP contribution is 2.37. The first-order valence-corrected chi connectivity index (χ1v) is 6.16. The second-order valence-electron chi connectivity index (χ2n) is 5.68. The summed E-state index contributed by atoms with van der Waals surface area (Å²) in [6.45, 7) is 8.28. The number of benzene rings is 1. The highest BCUT2D eigenvalue weighted by Gasteiger charge is 2.23. The lowest BCUT2D eigenvalue weighted by Crippen LogP contribution is -2.15. The zero-order valence-electron chi connectivity index (χ0n) is 11.8. The number of methoxy groups -OCH3 is 1. The molecule has 0 bridgehead atoms. The first-order chi connectivity index (χ1) is 8.27. The van der Waals surface area contributed by atoms with Crippen molar-refractivity contribution in [2.24, 2.45) is 0 Å². The average Bonchev–Trinajstić information content (AvgIpc) is 2.25. The molecule has 0 aliphatic rings. The summed E-state index contributed by atoms with van der Waals surface area (Å²) in [5.74, 6) is -0.0239. The van der Waals surface area contributed by atoms with E-state index < -0.39 is 5.97 Å². The SMILES string of the molecule is COc1c(C(C)CC(=O)O)cccc1C(C)(C)C. The fourth-order valence-corrected chi connectivity index (χ4v) is 2.13. The predicted octanol–water partition coefficient (Wildman–Crippen LogP) is 3.57. The van der Waals surface area contributed by atoms with Gasteiger partial charge in [0.25, 0.3) is 0 Å². The normalized spacial score (nSPS) is 13.2. The standard InChI is InChI=1S/C15H22O3/c1-10(9-13(16)17)11-7-6-8-12(14(11)18-5)15(2,3)4/h6-8,10H,9H2,1-5H3,(H,16,17). The van der Waals surface area contributed by atoms with Crippen LogP contribution in [0, 0.1) is 0 Å². The van der Waals surface area contributed by atoms with E-state index in [1.165, 1.54) is 0 Å². The smallest absolute Gasteiger partial charge is 0.303 e. The molecule has 0 aromatic heterocycles. The van der Waals surface area contributed by atoms with Crippen molar-refractivity contribution in [3.63, 3.8) is 0 Å². The van der Waals surface area contributed by atoms with Gasteiger partial charge in [-0.2, -0.15) is 0 Å². The van der Waals surface area contributed by atoms with Crippen molar-refractivity contribution < 1.29 is 14.6 Å². The first-order valence-electron chi connectivity index (χ1n) is 6.16. The van der Waals surface area contributed by atoms with Gasteiger partial charge < -0.3 is 9.84 Å². The van der Waals surface area contributed by atoms with Crippen molar-refractivity contribution in [2.45, 2.75) is 45.4 Å². The maximum Gasteiger partial charge on any atom is 0.303 e. The Bertz CT molecular complexity index is 430. The number of ether oxygens (including phenoxy) is 1. The van der Waals surface area contributed by atoms with Crippen LogP contribution < -0.4 is 4.74 Å². The predicted molar refractivity (Wildman–Crippen MR) is 72.4 cm³/mol. The molecule has 100 valence electrons. The van der Waals surface area contributed by atoms with Crippen LogP contribution in [0.15, 0.2) is 18.2 Å². The van der Waals surface area contributed by atoms with E-state index in [0.717, 1.165) is 16.9 Å². The minimum atomic E-state index is -0.786. The molecule has 3 heteroatoms. The number of aliphatic carboxylic acids is 1. The number of hydrogen-bond donors (Lipinski definition) is 1. The van der Waals surface area contributed by atoms with Crippen molar-refractivity contribution in [3.8, 4) is 5.75 Å². The van der Waals surface area contributed by atoms with Gasteiger partial charge in [0.1, 0.15) is 5.75 Å². The molecule has 0 fully saturated rings. The maximum atomic E-state index is 10.8. The van der Waals surface area contributed by atoms with Crippen LogP contribution in [0.25, 0.3) is 0 Å². The lowest BCUT2D eigenvalue weighted by molar-refractivity contribution is -0.137. The zero-order valence-corrected chi connectivity index (χ0v) is 11.8. The number of hydrogen-bond acceptors (Lipinski definition) is 2. The molecule has 1 N–H and O–H groups in total. The van der Waals surface area contributed by atoms with Crippen LogP contribution in [0.5, 0.6) is 5.75 Å². The largest absolute Gasteiger partial charge is 0.496 e. The Morgan fingerprint density at radius 3 is 2.44 bits per heavy atom. The second-order valence-corrected chi connectivity index (χ2v) is 5.68. The molecular formula is C15H22O3. The van der Waals surface area contributed by atoms with Gasteiger partial charge in [-0.1, -0.05) is 45.9 Å². The molecule has 0 aliphatic carbocycles. The van der Waals surface area contributed by atoms with E-state index in [4.69, 9.17) is 9.84 Å². The topological polar surface area (TPSA) is 46.5 Å². The molecule has 18 heavy (non-hydrogen) atoms. The minimum absolute atomic E-state index is 0.0235. The van der Waals surface area contributed by atoms with Crippen molar-refractivity contribution in [1.29, 1.82) is 0 Å². The van der Waals surface area contributed by atoms with Gasteiger partial charge in [-0.15, -0.1) is 0 Å². The third-order valence-corrected chi connectivity index (χ3v) is 3.07. The van der Waals surface area contributed by atoms with Crippen LogP contribution in [-0.2, 0) is 10.2 Å². The Labute approximate surface area is 109 Å². The Balaban J connectivity index is 3.25. The molecule has 0 aliphatic heterocycles. The molecule has 0 radical (unpaired) electrons. The molecule has 0 heterocycles. The fraction of sp³-hybridized carbons (Fsp3) is 0.533. The Kier molecular flexibility index (Phi) is 4.38. The molecule has 3 nitrogen and oxygen atoms in total. The fourth-order valence-electron chi connectivity index (χ4n) is 2.13. The number of para-hydroxylation sites is 1. The van der Waals surface area contributed by atoms with Gasteiger partial charge in [0.2, 0.25) is 0 Å². The van der Waals surface area contributed by atoms with Gasteiger partial charge in [0, 0.05) is 0 Å². The van der Waals surface area contributed by atoms with Gasteiger partial charge in [0.15, 0.2) is 0 Å². The molecule has 0 saturated heterocycles. The van der Waals surface area contributed by atoms with E-state index in [0.29, 0.717) is 0 Å². The second kappa shape index (κ2) is 5.42. The van der Waals surface area contributed by atoms with Crippen molar-refractivity contribution in [1.82, 2.24) is 0 Å². The van der Waals surface area contributed by atoms with E-state index >= 15 is 0 Å². The average molecular weight is 250 g/mol. The number of carboxylic acids is 1. The highest BCUT2D eigenvalue weighted by molar-refractivity contribution is 5.68. The lowest BCUT2D eigenvalue weighted by atomic mass is 9.83. The summed E-state index contributed by atoms with van der Waals surface area (Å²) in [6, 6.07) is 5.95. The monoisotopic (exact) mass is 250 g/mol. The molecule has 1 aromatic rings. The number of carboxylic acid groups (broad SMARTS) is 1. The molecule has 1 unspecified atom stereocenters.